The number of hydrogen-bond donors (Lipinski definition) is 0. The average molecular weight is 217 g/mol. The first-order valence-corrected chi connectivity index (χ1v) is 4.43. The SMILES string of the molecule is COC(=O)Cc1cc(F)cc(Cl)c1C. The first kappa shape index (κ1) is 11.0. The van der Waals surface area contributed by atoms with Gasteiger partial charge in [0.1, 0.15) is 5.82 Å². The lowest BCUT2D eigenvalue weighted by Gasteiger charge is -2.06. The van der Waals surface area contributed by atoms with Crippen LogP contribution in [0.4, 0.5) is 4.39 Å². The highest BCUT2D eigenvalue weighted by molar-refractivity contribution is 6.31. The molecular formula is C10H10ClFO2. The second-order valence-electron chi connectivity index (χ2n) is 2.92. The minimum atomic E-state index is -0.445. The zero-order valence-electron chi connectivity index (χ0n) is 7.93. The third-order valence-corrected chi connectivity index (χ3v) is 2.37. The zero-order chi connectivity index (χ0) is 10.7. The van der Waals surface area contributed by atoms with Gasteiger partial charge in [0.15, 0.2) is 0 Å². The third kappa shape index (κ3) is 2.45. The number of esters is 1. The van der Waals surface area contributed by atoms with Gasteiger partial charge in [-0.2, -0.15) is 0 Å². The van der Waals surface area contributed by atoms with Gasteiger partial charge in [0, 0.05) is 5.02 Å². The van der Waals surface area contributed by atoms with Crippen molar-refractivity contribution in [3.8, 4) is 0 Å². The Morgan fingerprint density at radius 1 is 1.57 bits per heavy atom. The molecule has 76 valence electrons. The van der Waals surface area contributed by atoms with Crippen molar-refractivity contribution in [3.05, 3.63) is 34.1 Å². The van der Waals surface area contributed by atoms with Gasteiger partial charge in [-0.05, 0) is 30.2 Å². The number of methoxy groups -OCH3 is 1. The van der Waals surface area contributed by atoms with E-state index in [1.54, 1.807) is 6.92 Å². The van der Waals surface area contributed by atoms with Crippen molar-refractivity contribution in [2.75, 3.05) is 7.11 Å². The van der Waals surface area contributed by atoms with Gasteiger partial charge in [-0.15, -0.1) is 0 Å². The van der Waals surface area contributed by atoms with Gasteiger partial charge in [-0.25, -0.2) is 4.39 Å². The molecule has 0 aromatic heterocycles. The first-order chi connectivity index (χ1) is 6.54. The summed E-state index contributed by atoms with van der Waals surface area (Å²) in [6.45, 7) is 1.74. The van der Waals surface area contributed by atoms with Gasteiger partial charge in [0.25, 0.3) is 0 Å². The molecule has 1 rings (SSSR count). The molecule has 1 aromatic rings. The van der Waals surface area contributed by atoms with Crippen LogP contribution in [0, 0.1) is 12.7 Å². The van der Waals surface area contributed by atoms with Gasteiger partial charge in [0.05, 0.1) is 13.5 Å². The van der Waals surface area contributed by atoms with Crippen LogP contribution in [-0.2, 0) is 16.0 Å². The number of rotatable bonds is 2. The van der Waals surface area contributed by atoms with Crippen LogP contribution in [-0.4, -0.2) is 13.1 Å². The fourth-order valence-corrected chi connectivity index (χ4v) is 1.34. The van der Waals surface area contributed by atoms with Gasteiger partial charge in [-0.1, -0.05) is 11.6 Å². The Morgan fingerprint density at radius 2 is 2.21 bits per heavy atom. The Kier molecular flexibility index (Phi) is 3.47. The van der Waals surface area contributed by atoms with Crippen LogP contribution < -0.4 is 0 Å². The van der Waals surface area contributed by atoms with Crippen molar-refractivity contribution >= 4 is 17.6 Å². The smallest absolute Gasteiger partial charge is 0.309 e. The maximum absolute atomic E-state index is 12.9. The van der Waals surface area contributed by atoms with Crippen LogP contribution in [0.15, 0.2) is 12.1 Å². The number of carbonyl (C=O) groups is 1. The summed E-state index contributed by atoms with van der Waals surface area (Å²) in [5, 5.41) is 0.323. The van der Waals surface area contributed by atoms with Gasteiger partial charge in [0.2, 0.25) is 0 Å². The van der Waals surface area contributed by atoms with Crippen LogP contribution in [0.3, 0.4) is 0 Å². The zero-order valence-corrected chi connectivity index (χ0v) is 8.69. The number of carbonyl (C=O) groups excluding carboxylic acids is 1. The molecule has 0 aliphatic heterocycles. The molecule has 1 aromatic carbocycles. The second kappa shape index (κ2) is 4.42. The van der Waals surface area contributed by atoms with Crippen molar-refractivity contribution < 1.29 is 13.9 Å². The van der Waals surface area contributed by atoms with E-state index in [2.05, 4.69) is 4.74 Å². The van der Waals surface area contributed by atoms with E-state index in [1.165, 1.54) is 19.2 Å². The van der Waals surface area contributed by atoms with Crippen molar-refractivity contribution in [1.29, 1.82) is 0 Å². The highest BCUT2D eigenvalue weighted by Gasteiger charge is 2.09. The maximum Gasteiger partial charge on any atom is 0.309 e. The van der Waals surface area contributed by atoms with Crippen LogP contribution in [0.25, 0.3) is 0 Å². The summed E-state index contributed by atoms with van der Waals surface area (Å²) >= 11 is 5.75. The number of benzene rings is 1. The molecular weight excluding hydrogens is 207 g/mol. The van der Waals surface area contributed by atoms with Crippen LogP contribution in [0.5, 0.6) is 0 Å². The van der Waals surface area contributed by atoms with E-state index in [0.29, 0.717) is 16.1 Å². The lowest BCUT2D eigenvalue weighted by atomic mass is 10.1. The molecule has 0 amide bonds. The molecule has 0 bridgehead atoms. The maximum atomic E-state index is 12.9. The molecule has 0 unspecified atom stereocenters. The Morgan fingerprint density at radius 3 is 2.79 bits per heavy atom. The molecule has 2 nitrogen and oxygen atoms in total. The Labute approximate surface area is 86.6 Å². The molecule has 0 heterocycles. The van der Waals surface area contributed by atoms with Crippen LogP contribution in [0.2, 0.25) is 5.02 Å². The van der Waals surface area contributed by atoms with E-state index < -0.39 is 11.8 Å². The summed E-state index contributed by atoms with van der Waals surface area (Å²) in [5.41, 5.74) is 1.26. The predicted molar refractivity (Wildman–Crippen MR) is 51.9 cm³/mol. The molecule has 0 fully saturated rings. The van der Waals surface area contributed by atoms with Gasteiger partial charge >= 0.3 is 5.97 Å². The van der Waals surface area contributed by atoms with Gasteiger partial charge < -0.3 is 4.74 Å². The number of halogens is 2. The highest BCUT2D eigenvalue weighted by Crippen LogP contribution is 2.21. The van der Waals surface area contributed by atoms with E-state index >= 15 is 0 Å². The summed E-state index contributed by atoms with van der Waals surface area (Å²) in [5.74, 6) is -0.853. The predicted octanol–water partition coefficient (Wildman–Crippen LogP) is 2.50. The van der Waals surface area contributed by atoms with E-state index in [0.717, 1.165) is 0 Å². The summed E-state index contributed by atoms with van der Waals surface area (Å²) in [4.78, 5) is 11.0. The van der Waals surface area contributed by atoms with Crippen molar-refractivity contribution in [2.45, 2.75) is 13.3 Å². The minimum absolute atomic E-state index is 0.0415. The molecule has 0 saturated carbocycles. The van der Waals surface area contributed by atoms with E-state index in [9.17, 15) is 9.18 Å². The molecule has 0 aliphatic carbocycles. The summed E-state index contributed by atoms with van der Waals surface area (Å²) in [6.07, 6.45) is 0.0415. The fourth-order valence-electron chi connectivity index (χ4n) is 1.11. The molecule has 0 aliphatic rings. The van der Waals surface area contributed by atoms with Crippen molar-refractivity contribution in [3.63, 3.8) is 0 Å². The lowest BCUT2D eigenvalue weighted by Crippen LogP contribution is -2.06. The molecule has 0 atom stereocenters. The van der Waals surface area contributed by atoms with E-state index in [-0.39, 0.29) is 6.42 Å². The van der Waals surface area contributed by atoms with E-state index in [1.807, 2.05) is 0 Å². The molecule has 14 heavy (non-hydrogen) atoms. The van der Waals surface area contributed by atoms with Crippen molar-refractivity contribution in [1.82, 2.24) is 0 Å². The summed E-state index contributed by atoms with van der Waals surface area (Å²) in [7, 11) is 1.29. The Bertz CT molecular complexity index is 363. The number of ether oxygens (including phenoxy) is 1. The molecule has 0 radical (unpaired) electrons. The number of hydrogen-bond acceptors (Lipinski definition) is 2. The topological polar surface area (TPSA) is 26.3 Å². The van der Waals surface area contributed by atoms with E-state index in [4.69, 9.17) is 11.6 Å². The van der Waals surface area contributed by atoms with Crippen LogP contribution in [0.1, 0.15) is 11.1 Å². The average Bonchev–Trinajstić information content (AvgIpc) is 2.13. The monoisotopic (exact) mass is 216 g/mol. The lowest BCUT2D eigenvalue weighted by molar-refractivity contribution is -0.139. The standard InChI is InChI=1S/C10H10ClFO2/c1-6-7(4-10(13)14-2)3-8(12)5-9(6)11/h3,5H,4H2,1-2H3. The van der Waals surface area contributed by atoms with Crippen LogP contribution >= 0.6 is 11.6 Å². The Balaban J connectivity index is 3.02. The largest absolute Gasteiger partial charge is 0.469 e. The highest BCUT2D eigenvalue weighted by atomic mass is 35.5. The minimum Gasteiger partial charge on any atom is -0.469 e. The third-order valence-electron chi connectivity index (χ3n) is 1.98. The first-order valence-electron chi connectivity index (χ1n) is 4.06. The molecule has 4 heteroatoms. The molecule has 0 saturated heterocycles. The molecule has 0 spiro atoms. The van der Waals surface area contributed by atoms with Gasteiger partial charge in [-0.3, -0.25) is 4.79 Å². The second-order valence-corrected chi connectivity index (χ2v) is 3.33. The summed E-state index contributed by atoms with van der Waals surface area (Å²) in [6, 6.07) is 2.51. The quantitative estimate of drug-likeness (QED) is 0.710. The summed E-state index contributed by atoms with van der Waals surface area (Å²) < 4.78 is 17.4. The normalized spacial score (nSPS) is 10.0. The Hall–Kier alpha value is -1.09. The van der Waals surface area contributed by atoms with Crippen molar-refractivity contribution in [2.24, 2.45) is 0 Å². The molecule has 0 N–H and O–H groups in total. The fraction of sp³-hybridized carbons (Fsp3) is 0.300.